The summed E-state index contributed by atoms with van der Waals surface area (Å²) in [5.41, 5.74) is 2.81. The van der Waals surface area contributed by atoms with Crippen LogP contribution >= 0.6 is 0 Å². The lowest BCUT2D eigenvalue weighted by atomic mass is 10.0. The van der Waals surface area contributed by atoms with Crippen molar-refractivity contribution in [2.24, 2.45) is 0 Å². The fourth-order valence-electron chi connectivity index (χ4n) is 2.48. The van der Waals surface area contributed by atoms with E-state index in [2.05, 4.69) is 5.16 Å². The second-order valence-corrected chi connectivity index (χ2v) is 4.93. The third-order valence-corrected chi connectivity index (χ3v) is 3.66. The van der Waals surface area contributed by atoms with Crippen LogP contribution in [0.5, 0.6) is 11.5 Å². The van der Waals surface area contributed by atoms with Crippen LogP contribution < -0.4 is 9.47 Å². The molecule has 2 aromatic carbocycles. The van der Waals surface area contributed by atoms with E-state index in [9.17, 15) is 5.11 Å². The van der Waals surface area contributed by atoms with Crippen LogP contribution in [-0.4, -0.2) is 24.5 Å². The molecule has 0 saturated carbocycles. The molecule has 0 unspecified atom stereocenters. The van der Waals surface area contributed by atoms with Crippen LogP contribution in [0.3, 0.4) is 0 Å². The van der Waals surface area contributed by atoms with Crippen LogP contribution in [0.15, 0.2) is 53.1 Å². The maximum absolute atomic E-state index is 9.81. The maximum atomic E-state index is 9.81. The standard InChI is InChI=1S/C18H17NO4/c1-21-13-9-7-12(8-10-13)18-15(11-20)17(19-23-18)14-5-3-4-6-16(14)22-2/h3-10,20H,11H2,1-2H3. The highest BCUT2D eigenvalue weighted by molar-refractivity contribution is 5.76. The summed E-state index contributed by atoms with van der Waals surface area (Å²) in [5, 5.41) is 13.9. The summed E-state index contributed by atoms with van der Waals surface area (Å²) in [6.45, 7) is -0.182. The molecule has 0 amide bonds. The van der Waals surface area contributed by atoms with E-state index in [1.165, 1.54) is 0 Å². The lowest BCUT2D eigenvalue weighted by molar-refractivity contribution is 0.281. The summed E-state index contributed by atoms with van der Waals surface area (Å²) in [6, 6.07) is 14.9. The Labute approximate surface area is 134 Å². The summed E-state index contributed by atoms with van der Waals surface area (Å²) in [4.78, 5) is 0. The molecule has 5 heteroatoms. The summed E-state index contributed by atoms with van der Waals surface area (Å²) in [7, 11) is 3.21. The van der Waals surface area contributed by atoms with E-state index < -0.39 is 0 Å². The number of aromatic nitrogens is 1. The molecular weight excluding hydrogens is 294 g/mol. The molecule has 3 aromatic rings. The topological polar surface area (TPSA) is 64.7 Å². The molecule has 0 radical (unpaired) electrons. The molecule has 0 bridgehead atoms. The number of benzene rings is 2. The fourth-order valence-corrected chi connectivity index (χ4v) is 2.48. The largest absolute Gasteiger partial charge is 0.497 e. The van der Waals surface area contributed by atoms with E-state index in [-0.39, 0.29) is 6.61 Å². The van der Waals surface area contributed by atoms with Gasteiger partial charge in [-0.3, -0.25) is 0 Å². The van der Waals surface area contributed by atoms with Gasteiger partial charge >= 0.3 is 0 Å². The fraction of sp³-hybridized carbons (Fsp3) is 0.167. The normalized spacial score (nSPS) is 10.6. The highest BCUT2D eigenvalue weighted by atomic mass is 16.5. The van der Waals surface area contributed by atoms with E-state index in [0.29, 0.717) is 22.8 Å². The Morgan fingerprint density at radius 2 is 1.74 bits per heavy atom. The molecule has 0 atom stereocenters. The minimum Gasteiger partial charge on any atom is -0.497 e. The van der Waals surface area contributed by atoms with Crippen LogP contribution in [0.4, 0.5) is 0 Å². The van der Waals surface area contributed by atoms with Crippen LogP contribution in [0.25, 0.3) is 22.6 Å². The molecule has 0 fully saturated rings. The SMILES string of the molecule is COc1ccc(-c2onc(-c3ccccc3OC)c2CO)cc1. The number of ether oxygens (including phenoxy) is 2. The molecule has 5 nitrogen and oxygen atoms in total. The molecule has 1 aromatic heterocycles. The third-order valence-electron chi connectivity index (χ3n) is 3.66. The van der Waals surface area contributed by atoms with Gasteiger partial charge < -0.3 is 19.1 Å². The zero-order valence-corrected chi connectivity index (χ0v) is 12.9. The highest BCUT2D eigenvalue weighted by Gasteiger charge is 2.20. The summed E-state index contributed by atoms with van der Waals surface area (Å²) in [6.07, 6.45) is 0. The van der Waals surface area contributed by atoms with Crippen molar-refractivity contribution in [2.75, 3.05) is 14.2 Å². The first-order valence-corrected chi connectivity index (χ1v) is 7.15. The number of aliphatic hydroxyl groups excluding tert-OH is 1. The van der Waals surface area contributed by atoms with Crippen LogP contribution in [0, 0.1) is 0 Å². The molecule has 0 aliphatic carbocycles. The summed E-state index contributed by atoms with van der Waals surface area (Å²) < 4.78 is 16.0. The number of para-hydroxylation sites is 1. The molecule has 0 spiro atoms. The van der Waals surface area contributed by atoms with Crippen molar-refractivity contribution in [3.63, 3.8) is 0 Å². The van der Waals surface area contributed by atoms with E-state index in [4.69, 9.17) is 14.0 Å². The first-order chi connectivity index (χ1) is 11.3. The van der Waals surface area contributed by atoms with Gasteiger partial charge in [-0.15, -0.1) is 0 Å². The zero-order chi connectivity index (χ0) is 16.2. The quantitative estimate of drug-likeness (QED) is 0.781. The second-order valence-electron chi connectivity index (χ2n) is 4.93. The molecule has 1 N–H and O–H groups in total. The second kappa shape index (κ2) is 6.54. The Bertz CT molecular complexity index is 793. The van der Waals surface area contributed by atoms with Gasteiger partial charge in [0.2, 0.25) is 0 Å². The lowest BCUT2D eigenvalue weighted by Gasteiger charge is -2.07. The predicted molar refractivity (Wildman–Crippen MR) is 86.4 cm³/mol. The molecular formula is C18H17NO4. The van der Waals surface area contributed by atoms with E-state index in [0.717, 1.165) is 16.9 Å². The number of hydrogen-bond acceptors (Lipinski definition) is 5. The van der Waals surface area contributed by atoms with Crippen molar-refractivity contribution in [2.45, 2.75) is 6.61 Å². The van der Waals surface area contributed by atoms with Gasteiger partial charge in [0.05, 0.1) is 26.4 Å². The smallest absolute Gasteiger partial charge is 0.173 e. The molecule has 23 heavy (non-hydrogen) atoms. The van der Waals surface area contributed by atoms with Gasteiger partial charge in [-0.2, -0.15) is 0 Å². The average Bonchev–Trinajstić information content (AvgIpc) is 3.05. The minimum absolute atomic E-state index is 0.182. The first kappa shape index (κ1) is 15.1. The van der Waals surface area contributed by atoms with Gasteiger partial charge in [0, 0.05) is 11.1 Å². The van der Waals surface area contributed by atoms with Crippen molar-refractivity contribution < 1.29 is 19.1 Å². The maximum Gasteiger partial charge on any atom is 0.173 e. The van der Waals surface area contributed by atoms with Gasteiger partial charge in [0.25, 0.3) is 0 Å². The lowest BCUT2D eigenvalue weighted by Crippen LogP contribution is -1.92. The van der Waals surface area contributed by atoms with E-state index in [1.807, 2.05) is 48.5 Å². The van der Waals surface area contributed by atoms with Crippen LogP contribution in [-0.2, 0) is 6.61 Å². The van der Waals surface area contributed by atoms with E-state index >= 15 is 0 Å². The Morgan fingerprint density at radius 1 is 1.00 bits per heavy atom. The minimum atomic E-state index is -0.182. The summed E-state index contributed by atoms with van der Waals surface area (Å²) in [5.74, 6) is 1.97. The van der Waals surface area contributed by atoms with Gasteiger partial charge in [-0.1, -0.05) is 17.3 Å². The van der Waals surface area contributed by atoms with Crippen molar-refractivity contribution in [1.82, 2.24) is 5.16 Å². The first-order valence-electron chi connectivity index (χ1n) is 7.15. The number of aliphatic hydroxyl groups is 1. The van der Waals surface area contributed by atoms with E-state index in [1.54, 1.807) is 14.2 Å². The third kappa shape index (κ3) is 2.78. The van der Waals surface area contributed by atoms with Gasteiger partial charge in [0.15, 0.2) is 5.76 Å². The Kier molecular flexibility index (Phi) is 4.30. The highest BCUT2D eigenvalue weighted by Crippen LogP contribution is 2.36. The zero-order valence-electron chi connectivity index (χ0n) is 12.9. The number of rotatable bonds is 5. The molecule has 0 saturated heterocycles. The number of nitrogens with zero attached hydrogens (tertiary/aromatic N) is 1. The van der Waals surface area contributed by atoms with Gasteiger partial charge in [0.1, 0.15) is 17.2 Å². The van der Waals surface area contributed by atoms with Crippen molar-refractivity contribution >= 4 is 0 Å². The van der Waals surface area contributed by atoms with Crippen molar-refractivity contribution in [3.8, 4) is 34.1 Å². The number of methoxy groups -OCH3 is 2. The molecule has 1 heterocycles. The Balaban J connectivity index is 2.09. The van der Waals surface area contributed by atoms with Crippen LogP contribution in [0.1, 0.15) is 5.56 Å². The Hall–Kier alpha value is -2.79. The molecule has 118 valence electrons. The van der Waals surface area contributed by atoms with Gasteiger partial charge in [-0.05, 0) is 36.4 Å². The van der Waals surface area contributed by atoms with Crippen molar-refractivity contribution in [1.29, 1.82) is 0 Å². The molecule has 3 rings (SSSR count). The number of hydrogen-bond donors (Lipinski definition) is 1. The predicted octanol–water partition coefficient (Wildman–Crippen LogP) is 3.52. The Morgan fingerprint density at radius 3 is 2.39 bits per heavy atom. The monoisotopic (exact) mass is 311 g/mol. The summed E-state index contributed by atoms with van der Waals surface area (Å²) >= 11 is 0. The average molecular weight is 311 g/mol. The molecule has 0 aliphatic rings. The van der Waals surface area contributed by atoms with Crippen molar-refractivity contribution in [3.05, 3.63) is 54.1 Å². The molecule has 0 aliphatic heterocycles. The van der Waals surface area contributed by atoms with Crippen LogP contribution in [0.2, 0.25) is 0 Å². The van der Waals surface area contributed by atoms with Gasteiger partial charge in [-0.25, -0.2) is 0 Å².